The van der Waals surface area contributed by atoms with E-state index < -0.39 is 0 Å². The summed E-state index contributed by atoms with van der Waals surface area (Å²) in [4.78, 5) is 4.08. The molecule has 0 aliphatic heterocycles. The maximum atomic E-state index is 5.42. The van der Waals surface area contributed by atoms with Crippen LogP contribution in [0.1, 0.15) is 22.9 Å². The molecular weight excluding hydrogens is 306 g/mol. The van der Waals surface area contributed by atoms with Crippen molar-refractivity contribution in [3.8, 4) is 0 Å². The number of nitrogens with one attached hydrogen (secondary N) is 2. The van der Waals surface area contributed by atoms with Crippen LogP contribution in [0.15, 0.2) is 77.7 Å². The third-order valence-electron chi connectivity index (χ3n) is 3.45. The van der Waals surface area contributed by atoms with Crippen LogP contribution in [-0.4, -0.2) is 10.1 Å². The third kappa shape index (κ3) is 4.17. The molecule has 3 rings (SSSR count). The van der Waals surface area contributed by atoms with E-state index in [4.69, 9.17) is 16.6 Å². The van der Waals surface area contributed by atoms with Gasteiger partial charge >= 0.3 is 0 Å². The maximum Gasteiger partial charge on any atom is 0.167 e. The second-order valence-electron chi connectivity index (χ2n) is 5.03. The molecule has 0 fully saturated rings. The monoisotopic (exact) mass is 323 g/mol. The van der Waals surface area contributed by atoms with Gasteiger partial charge in [0.2, 0.25) is 0 Å². The molecule has 4 nitrogen and oxygen atoms in total. The highest BCUT2D eigenvalue weighted by Gasteiger charge is 2.14. The molecule has 116 valence electrons. The number of pyridine rings is 1. The van der Waals surface area contributed by atoms with E-state index in [1.807, 2.05) is 42.5 Å². The lowest BCUT2D eigenvalue weighted by Gasteiger charge is -2.21. The summed E-state index contributed by atoms with van der Waals surface area (Å²) < 4.78 is 5.30. The van der Waals surface area contributed by atoms with Gasteiger partial charge in [-0.3, -0.25) is 4.98 Å². The summed E-state index contributed by atoms with van der Waals surface area (Å²) in [7, 11) is 0. The van der Waals surface area contributed by atoms with E-state index in [2.05, 4.69) is 27.8 Å². The summed E-state index contributed by atoms with van der Waals surface area (Å²) in [6, 6.07) is 17.9. The number of furan rings is 1. The Morgan fingerprint density at radius 3 is 2.43 bits per heavy atom. The standard InChI is InChI=1S/C18H17N3OS/c23-18(20-13-16-7-4-12-22-16)21-17(14-5-2-1-3-6-14)15-8-10-19-11-9-15/h1-12,17H,13H2,(H2,20,21,23)/t17-/m0/s1. The fourth-order valence-electron chi connectivity index (χ4n) is 2.32. The van der Waals surface area contributed by atoms with Crippen LogP contribution in [0.25, 0.3) is 0 Å². The van der Waals surface area contributed by atoms with E-state index in [0.717, 1.165) is 16.9 Å². The highest BCUT2D eigenvalue weighted by Crippen LogP contribution is 2.21. The largest absolute Gasteiger partial charge is 0.467 e. The molecule has 2 heterocycles. The van der Waals surface area contributed by atoms with Crippen LogP contribution in [0.5, 0.6) is 0 Å². The number of benzene rings is 1. The highest BCUT2D eigenvalue weighted by molar-refractivity contribution is 7.80. The zero-order valence-electron chi connectivity index (χ0n) is 12.5. The second-order valence-corrected chi connectivity index (χ2v) is 5.44. The summed E-state index contributed by atoms with van der Waals surface area (Å²) in [5.74, 6) is 0.842. The first-order valence-corrected chi connectivity index (χ1v) is 7.75. The fraction of sp³-hybridized carbons (Fsp3) is 0.111. The molecule has 2 aromatic heterocycles. The van der Waals surface area contributed by atoms with Gasteiger partial charge in [-0.1, -0.05) is 30.3 Å². The number of hydrogen-bond donors (Lipinski definition) is 2. The molecule has 0 amide bonds. The lowest BCUT2D eigenvalue weighted by Crippen LogP contribution is -2.37. The first-order valence-electron chi connectivity index (χ1n) is 7.34. The van der Waals surface area contributed by atoms with Gasteiger partial charge < -0.3 is 15.1 Å². The first kappa shape index (κ1) is 15.2. The topological polar surface area (TPSA) is 50.1 Å². The Kier molecular flexibility index (Phi) is 5.01. The Morgan fingerprint density at radius 1 is 1.00 bits per heavy atom. The van der Waals surface area contributed by atoms with Crippen LogP contribution < -0.4 is 10.6 Å². The molecule has 0 saturated carbocycles. The number of rotatable bonds is 5. The van der Waals surface area contributed by atoms with Crippen LogP contribution in [0.2, 0.25) is 0 Å². The molecule has 0 unspecified atom stereocenters. The van der Waals surface area contributed by atoms with Crippen molar-refractivity contribution in [3.63, 3.8) is 0 Å². The van der Waals surface area contributed by atoms with Crippen molar-refractivity contribution >= 4 is 17.3 Å². The van der Waals surface area contributed by atoms with Crippen LogP contribution in [0, 0.1) is 0 Å². The Hall–Kier alpha value is -2.66. The molecule has 2 N–H and O–H groups in total. The van der Waals surface area contributed by atoms with Gasteiger partial charge in [0.1, 0.15) is 5.76 Å². The SMILES string of the molecule is S=C(NCc1ccco1)N[C@@H](c1ccccc1)c1ccncc1. The molecule has 1 atom stereocenters. The van der Waals surface area contributed by atoms with Crippen LogP contribution in [0.3, 0.4) is 0 Å². The molecular formula is C18H17N3OS. The molecule has 0 aliphatic rings. The van der Waals surface area contributed by atoms with Crippen molar-refractivity contribution in [1.82, 2.24) is 15.6 Å². The Labute approximate surface area is 140 Å². The van der Waals surface area contributed by atoms with Crippen LogP contribution in [-0.2, 0) is 6.54 Å². The van der Waals surface area contributed by atoms with E-state index in [1.165, 1.54) is 0 Å². The lowest BCUT2D eigenvalue weighted by molar-refractivity contribution is 0.502. The predicted octanol–water partition coefficient (Wildman–Crippen LogP) is 3.43. The fourth-order valence-corrected chi connectivity index (χ4v) is 2.51. The summed E-state index contributed by atoms with van der Waals surface area (Å²) in [6.07, 6.45) is 5.22. The Bertz CT molecular complexity index is 690. The van der Waals surface area contributed by atoms with Crippen LogP contribution in [0.4, 0.5) is 0 Å². The minimum absolute atomic E-state index is 0.0317. The molecule has 0 radical (unpaired) electrons. The van der Waals surface area contributed by atoms with Crippen molar-refractivity contribution in [3.05, 3.63) is 90.1 Å². The molecule has 5 heteroatoms. The van der Waals surface area contributed by atoms with Gasteiger partial charge in [0.05, 0.1) is 18.8 Å². The number of aromatic nitrogens is 1. The Balaban J connectivity index is 1.72. The van der Waals surface area contributed by atoms with Gasteiger partial charge in [0.15, 0.2) is 5.11 Å². The van der Waals surface area contributed by atoms with Gasteiger partial charge in [0.25, 0.3) is 0 Å². The van der Waals surface area contributed by atoms with Crippen molar-refractivity contribution in [1.29, 1.82) is 0 Å². The second kappa shape index (κ2) is 7.56. The normalized spacial score (nSPS) is 11.7. The van der Waals surface area contributed by atoms with Crippen molar-refractivity contribution < 1.29 is 4.42 Å². The average Bonchev–Trinajstić information content (AvgIpc) is 3.13. The molecule has 1 aromatic carbocycles. The van der Waals surface area contributed by atoms with E-state index >= 15 is 0 Å². The number of thiocarbonyl (C=S) groups is 1. The van der Waals surface area contributed by atoms with Crippen molar-refractivity contribution in [2.45, 2.75) is 12.6 Å². The lowest BCUT2D eigenvalue weighted by atomic mass is 10.00. The van der Waals surface area contributed by atoms with Gasteiger partial charge in [-0.15, -0.1) is 0 Å². The molecule has 0 saturated heterocycles. The Morgan fingerprint density at radius 2 is 1.74 bits per heavy atom. The quantitative estimate of drug-likeness (QED) is 0.705. The van der Waals surface area contributed by atoms with E-state index in [-0.39, 0.29) is 6.04 Å². The van der Waals surface area contributed by atoms with E-state index in [1.54, 1.807) is 18.7 Å². The number of hydrogen-bond acceptors (Lipinski definition) is 3. The zero-order chi connectivity index (χ0) is 15.9. The molecule has 0 aliphatic carbocycles. The van der Waals surface area contributed by atoms with Gasteiger partial charge in [-0.05, 0) is 47.6 Å². The summed E-state index contributed by atoms with van der Waals surface area (Å²) >= 11 is 5.42. The summed E-state index contributed by atoms with van der Waals surface area (Å²) in [5.41, 5.74) is 2.24. The van der Waals surface area contributed by atoms with Gasteiger partial charge in [0, 0.05) is 12.4 Å². The predicted molar refractivity (Wildman–Crippen MR) is 93.8 cm³/mol. The van der Waals surface area contributed by atoms with Gasteiger partial charge in [-0.2, -0.15) is 0 Å². The average molecular weight is 323 g/mol. The van der Waals surface area contributed by atoms with E-state index in [0.29, 0.717) is 11.7 Å². The minimum Gasteiger partial charge on any atom is -0.467 e. The highest BCUT2D eigenvalue weighted by atomic mass is 32.1. The molecule has 0 bridgehead atoms. The molecule has 0 spiro atoms. The molecule has 3 aromatic rings. The van der Waals surface area contributed by atoms with Crippen molar-refractivity contribution in [2.24, 2.45) is 0 Å². The smallest absolute Gasteiger partial charge is 0.167 e. The summed E-state index contributed by atoms with van der Waals surface area (Å²) in [5, 5.41) is 7.10. The minimum atomic E-state index is -0.0317. The van der Waals surface area contributed by atoms with Crippen molar-refractivity contribution in [2.75, 3.05) is 0 Å². The molecule has 23 heavy (non-hydrogen) atoms. The van der Waals surface area contributed by atoms with Crippen LogP contribution >= 0.6 is 12.2 Å². The summed E-state index contributed by atoms with van der Waals surface area (Å²) in [6.45, 7) is 0.552. The van der Waals surface area contributed by atoms with Gasteiger partial charge in [-0.25, -0.2) is 0 Å². The first-order chi connectivity index (χ1) is 11.3. The van der Waals surface area contributed by atoms with E-state index in [9.17, 15) is 0 Å². The maximum absolute atomic E-state index is 5.42. The third-order valence-corrected chi connectivity index (χ3v) is 3.71. The number of nitrogens with zero attached hydrogens (tertiary/aromatic N) is 1. The zero-order valence-corrected chi connectivity index (χ0v) is 13.3.